The highest BCUT2D eigenvalue weighted by atomic mass is 19.1. The van der Waals surface area contributed by atoms with E-state index >= 15 is 0 Å². The van der Waals surface area contributed by atoms with Gasteiger partial charge in [0.1, 0.15) is 11.6 Å². The van der Waals surface area contributed by atoms with E-state index in [1.54, 1.807) is 6.07 Å². The van der Waals surface area contributed by atoms with Crippen LogP contribution in [0.2, 0.25) is 0 Å². The van der Waals surface area contributed by atoms with Gasteiger partial charge < -0.3 is 14.7 Å². The maximum atomic E-state index is 14.2. The summed E-state index contributed by atoms with van der Waals surface area (Å²) in [5.41, 5.74) is 1.06. The number of rotatable bonds is 6. The lowest BCUT2D eigenvalue weighted by molar-refractivity contribution is -0.152. The summed E-state index contributed by atoms with van der Waals surface area (Å²) in [6.45, 7) is 3.49. The minimum absolute atomic E-state index is 0.0646. The van der Waals surface area contributed by atoms with Gasteiger partial charge in [-0.05, 0) is 62.5 Å². The molecule has 1 aliphatic heterocycles. The Bertz CT molecular complexity index is 683. The van der Waals surface area contributed by atoms with Crippen molar-refractivity contribution in [3.05, 3.63) is 29.6 Å². The third-order valence-electron chi connectivity index (χ3n) is 6.71. The van der Waals surface area contributed by atoms with Crippen molar-refractivity contribution in [1.29, 1.82) is 0 Å². The number of amides is 1. The molecule has 1 N–H and O–H groups in total. The number of nitrogens with zero attached hydrogens (tertiary/aromatic N) is 1. The number of aliphatic hydroxyl groups excluding tert-OH is 1. The molecule has 1 amide bonds. The number of halogens is 1. The molecule has 0 radical (unpaired) electrons. The van der Waals surface area contributed by atoms with Gasteiger partial charge in [0, 0.05) is 24.6 Å². The van der Waals surface area contributed by atoms with Crippen LogP contribution in [0.25, 0.3) is 0 Å². The third kappa shape index (κ3) is 3.84. The van der Waals surface area contributed by atoms with E-state index in [1.165, 1.54) is 0 Å². The molecule has 1 spiro atoms. The lowest BCUT2D eigenvalue weighted by Crippen LogP contribution is -2.61. The van der Waals surface area contributed by atoms with E-state index in [-0.39, 0.29) is 35.8 Å². The van der Waals surface area contributed by atoms with Gasteiger partial charge in [0.25, 0.3) is 0 Å². The van der Waals surface area contributed by atoms with Crippen molar-refractivity contribution in [2.24, 2.45) is 11.3 Å². The van der Waals surface area contributed by atoms with Crippen LogP contribution in [-0.4, -0.2) is 41.7 Å². The zero-order valence-electron chi connectivity index (χ0n) is 16.1. The number of carbonyl (C=O) groups excluding carboxylic acids is 1. The van der Waals surface area contributed by atoms with E-state index in [1.807, 2.05) is 24.0 Å². The molecule has 0 bridgehead atoms. The first kappa shape index (κ1) is 18.7. The maximum absolute atomic E-state index is 14.2. The van der Waals surface area contributed by atoms with Gasteiger partial charge in [0.15, 0.2) is 0 Å². The number of hydrogen-bond donors (Lipinski definition) is 1. The van der Waals surface area contributed by atoms with E-state index in [9.17, 15) is 14.3 Å². The summed E-state index contributed by atoms with van der Waals surface area (Å²) in [6, 6.07) is 5.33. The Morgan fingerprint density at radius 3 is 2.56 bits per heavy atom. The Balaban J connectivity index is 1.26. The van der Waals surface area contributed by atoms with Gasteiger partial charge in [-0.1, -0.05) is 13.0 Å². The average molecular weight is 375 g/mol. The van der Waals surface area contributed by atoms with Gasteiger partial charge in [-0.3, -0.25) is 4.79 Å². The van der Waals surface area contributed by atoms with Gasteiger partial charge in [0.05, 0.1) is 18.6 Å². The Morgan fingerprint density at radius 2 is 2.00 bits per heavy atom. The minimum atomic E-state index is -0.254. The zero-order valence-corrected chi connectivity index (χ0v) is 16.1. The second kappa shape index (κ2) is 7.42. The first-order valence-corrected chi connectivity index (χ1v) is 10.4. The van der Waals surface area contributed by atoms with Crippen molar-refractivity contribution in [1.82, 2.24) is 4.90 Å². The van der Waals surface area contributed by atoms with Crippen LogP contribution in [0.3, 0.4) is 0 Å². The summed E-state index contributed by atoms with van der Waals surface area (Å²) < 4.78 is 20.2. The molecule has 3 aliphatic rings. The summed E-state index contributed by atoms with van der Waals surface area (Å²) in [5, 5.41) is 9.32. The highest BCUT2D eigenvalue weighted by Crippen LogP contribution is 2.45. The van der Waals surface area contributed by atoms with Crippen molar-refractivity contribution in [2.75, 3.05) is 19.7 Å². The van der Waals surface area contributed by atoms with Gasteiger partial charge >= 0.3 is 0 Å². The van der Waals surface area contributed by atoms with Crippen LogP contribution >= 0.6 is 0 Å². The Kier molecular flexibility index (Phi) is 5.15. The van der Waals surface area contributed by atoms with E-state index in [4.69, 9.17) is 4.74 Å². The van der Waals surface area contributed by atoms with E-state index < -0.39 is 0 Å². The third-order valence-corrected chi connectivity index (χ3v) is 6.71. The van der Waals surface area contributed by atoms with Crippen LogP contribution in [0, 0.1) is 17.2 Å². The van der Waals surface area contributed by atoms with Crippen LogP contribution in [0.4, 0.5) is 4.39 Å². The Morgan fingerprint density at radius 1 is 1.30 bits per heavy atom. The highest BCUT2D eigenvalue weighted by Gasteiger charge is 2.48. The second-order valence-electron chi connectivity index (χ2n) is 8.76. The number of hydrogen-bond acceptors (Lipinski definition) is 3. The number of aliphatic hydroxyl groups is 1. The summed E-state index contributed by atoms with van der Waals surface area (Å²) in [7, 11) is 0. The molecule has 1 aromatic rings. The fourth-order valence-electron chi connectivity index (χ4n) is 4.70. The van der Waals surface area contributed by atoms with Crippen LogP contribution < -0.4 is 4.74 Å². The van der Waals surface area contributed by atoms with Crippen LogP contribution in [0.15, 0.2) is 18.2 Å². The molecule has 1 saturated heterocycles. The molecule has 5 heteroatoms. The molecular weight excluding hydrogens is 345 g/mol. The highest BCUT2D eigenvalue weighted by molar-refractivity contribution is 5.80. The molecule has 27 heavy (non-hydrogen) atoms. The van der Waals surface area contributed by atoms with Gasteiger partial charge in [-0.15, -0.1) is 0 Å². The smallest absolute Gasteiger partial charge is 0.228 e. The number of likely N-dealkylation sites (tertiary alicyclic amines) is 1. The summed E-state index contributed by atoms with van der Waals surface area (Å²) >= 11 is 0. The Hall–Kier alpha value is -1.62. The van der Waals surface area contributed by atoms with E-state index in [0.29, 0.717) is 18.1 Å². The average Bonchev–Trinajstić information content (AvgIpc) is 3.46. The second-order valence-corrected chi connectivity index (χ2v) is 8.76. The maximum Gasteiger partial charge on any atom is 0.228 e. The fourth-order valence-corrected chi connectivity index (χ4v) is 4.70. The quantitative estimate of drug-likeness (QED) is 0.821. The topological polar surface area (TPSA) is 49.8 Å². The zero-order chi connectivity index (χ0) is 19.0. The van der Waals surface area contributed by atoms with Crippen LogP contribution in [0.5, 0.6) is 5.75 Å². The molecule has 3 fully saturated rings. The first-order valence-electron chi connectivity index (χ1n) is 10.4. The number of benzene rings is 1. The SMILES string of the molecule is CC[C@H](CO)C(=O)N1CC2(CCC(Oc3ccc(C4CC4)c(F)c3)CC2)C1. The molecule has 2 saturated carbocycles. The molecule has 1 aromatic carbocycles. The molecule has 148 valence electrons. The predicted molar refractivity (Wildman–Crippen MR) is 101 cm³/mol. The van der Waals surface area contributed by atoms with Crippen molar-refractivity contribution < 1.29 is 19.0 Å². The Labute approximate surface area is 160 Å². The van der Waals surface area contributed by atoms with Crippen molar-refractivity contribution in [3.63, 3.8) is 0 Å². The number of carbonyl (C=O) groups is 1. The minimum Gasteiger partial charge on any atom is -0.490 e. The van der Waals surface area contributed by atoms with Crippen molar-refractivity contribution in [2.45, 2.75) is 63.9 Å². The van der Waals surface area contributed by atoms with Crippen LogP contribution in [-0.2, 0) is 4.79 Å². The molecule has 0 aromatic heterocycles. The number of ether oxygens (including phenoxy) is 1. The van der Waals surface area contributed by atoms with Crippen molar-refractivity contribution in [3.8, 4) is 5.75 Å². The molecule has 1 atom stereocenters. The van der Waals surface area contributed by atoms with E-state index in [0.717, 1.165) is 57.2 Å². The largest absolute Gasteiger partial charge is 0.490 e. The molecular formula is C22H30FNO3. The van der Waals surface area contributed by atoms with Gasteiger partial charge in [0.2, 0.25) is 5.91 Å². The summed E-state index contributed by atoms with van der Waals surface area (Å²) in [4.78, 5) is 14.2. The molecule has 4 nitrogen and oxygen atoms in total. The molecule has 4 rings (SSSR count). The molecule has 0 unspecified atom stereocenters. The first-order chi connectivity index (χ1) is 13.0. The lowest BCUT2D eigenvalue weighted by atomic mass is 9.67. The predicted octanol–water partition coefficient (Wildman–Crippen LogP) is 3.87. The van der Waals surface area contributed by atoms with Crippen molar-refractivity contribution >= 4 is 5.91 Å². The van der Waals surface area contributed by atoms with E-state index in [2.05, 4.69) is 0 Å². The van der Waals surface area contributed by atoms with Gasteiger partial charge in [-0.2, -0.15) is 0 Å². The monoisotopic (exact) mass is 375 g/mol. The van der Waals surface area contributed by atoms with Gasteiger partial charge in [-0.25, -0.2) is 4.39 Å². The standard InChI is InChI=1S/C22H30FNO3/c1-2-15(12-25)21(26)24-13-22(14-24)9-7-17(8-10-22)27-18-5-6-19(16-3-4-16)20(23)11-18/h5-6,11,15-17,25H,2-4,7-10,12-14H2,1H3/t15-/m1/s1. The van der Waals surface area contributed by atoms with Crippen LogP contribution in [0.1, 0.15) is 63.4 Å². The normalized spacial score (nSPS) is 23.1. The molecule has 2 aliphatic carbocycles. The summed E-state index contributed by atoms with van der Waals surface area (Å²) in [5.74, 6) is 0.753. The fraction of sp³-hybridized carbons (Fsp3) is 0.682. The lowest BCUT2D eigenvalue weighted by Gasteiger charge is -2.54. The molecule has 1 heterocycles. The summed E-state index contributed by atoms with van der Waals surface area (Å²) in [6.07, 6.45) is 6.99.